The summed E-state index contributed by atoms with van der Waals surface area (Å²) in [7, 11) is -4.12. The first-order valence-corrected chi connectivity index (χ1v) is 12.7. The van der Waals surface area contributed by atoms with E-state index in [1.54, 1.807) is 36.4 Å². The largest absolute Gasteiger partial charge is 0.481 e. The van der Waals surface area contributed by atoms with Gasteiger partial charge in [0.1, 0.15) is 5.82 Å². The van der Waals surface area contributed by atoms with Crippen molar-refractivity contribution in [3.63, 3.8) is 0 Å². The number of carbonyl (C=O) groups is 1. The van der Waals surface area contributed by atoms with Gasteiger partial charge in [-0.3, -0.25) is 14.1 Å². The third-order valence-electron chi connectivity index (χ3n) is 5.34. The topological polar surface area (TPSA) is 138 Å². The van der Waals surface area contributed by atoms with E-state index in [2.05, 4.69) is 10.0 Å². The van der Waals surface area contributed by atoms with Crippen molar-refractivity contribution in [3.05, 3.63) is 83.8 Å². The number of benzene rings is 3. The molecule has 0 spiro atoms. The highest BCUT2D eigenvalue weighted by Crippen LogP contribution is 2.31. The van der Waals surface area contributed by atoms with Crippen LogP contribution >= 0.6 is 0 Å². The molecule has 0 radical (unpaired) electrons. The molecule has 12 heteroatoms. The Labute approximate surface area is 202 Å². The molecule has 0 saturated heterocycles. The monoisotopic (exact) mass is 517 g/mol. The average Bonchev–Trinajstić information content (AvgIpc) is 3.06. The number of nitrogens with one attached hydrogen (secondary N) is 2. The Morgan fingerprint density at radius 3 is 2.14 bits per heavy atom. The maximum Gasteiger partial charge on any atom is 0.307 e. The molecule has 3 aromatic carbocycles. The SMILES string of the molecule is Cc1c(CC(=O)O)c2cc(F)ccc2n1S(=O)(=O)c1ccc(Nc2ccc(NS(=O)O)cc2)cc1. The van der Waals surface area contributed by atoms with Gasteiger partial charge in [-0.05, 0) is 79.2 Å². The highest BCUT2D eigenvalue weighted by Gasteiger charge is 2.26. The minimum absolute atomic E-state index is 0.0285. The Kier molecular flexibility index (Phi) is 6.61. The summed E-state index contributed by atoms with van der Waals surface area (Å²) < 4.78 is 63.9. The minimum atomic E-state index is -4.12. The number of rotatable bonds is 8. The third kappa shape index (κ3) is 5.04. The lowest BCUT2D eigenvalue weighted by molar-refractivity contribution is -0.136. The summed E-state index contributed by atoms with van der Waals surface area (Å²) in [5, 5.41) is 12.6. The molecule has 1 unspecified atom stereocenters. The van der Waals surface area contributed by atoms with Crippen LogP contribution in [0.5, 0.6) is 0 Å². The molecule has 9 nitrogen and oxygen atoms in total. The predicted molar refractivity (Wildman–Crippen MR) is 131 cm³/mol. The van der Waals surface area contributed by atoms with Crippen molar-refractivity contribution in [2.75, 3.05) is 10.0 Å². The van der Waals surface area contributed by atoms with E-state index in [1.807, 2.05) is 0 Å². The highest BCUT2D eigenvalue weighted by atomic mass is 32.2. The van der Waals surface area contributed by atoms with E-state index in [-0.39, 0.29) is 27.1 Å². The first-order valence-electron chi connectivity index (χ1n) is 10.2. The van der Waals surface area contributed by atoms with E-state index in [9.17, 15) is 26.9 Å². The van der Waals surface area contributed by atoms with Gasteiger partial charge >= 0.3 is 5.97 Å². The van der Waals surface area contributed by atoms with Gasteiger partial charge in [-0.15, -0.1) is 0 Å². The summed E-state index contributed by atoms with van der Waals surface area (Å²) in [6.07, 6.45) is -0.445. The summed E-state index contributed by atoms with van der Waals surface area (Å²) in [6.45, 7) is 1.49. The number of halogens is 1. The normalized spacial score (nSPS) is 12.4. The molecular formula is C23H20FN3O6S2. The number of fused-ring (bicyclic) bond motifs is 1. The van der Waals surface area contributed by atoms with Crippen LogP contribution in [0.25, 0.3) is 10.9 Å². The third-order valence-corrected chi connectivity index (χ3v) is 7.57. The van der Waals surface area contributed by atoms with E-state index >= 15 is 0 Å². The van der Waals surface area contributed by atoms with Crippen molar-refractivity contribution in [2.45, 2.75) is 18.2 Å². The van der Waals surface area contributed by atoms with Crippen LogP contribution < -0.4 is 10.0 Å². The number of nitrogens with zero attached hydrogens (tertiary/aromatic N) is 1. The van der Waals surface area contributed by atoms with Crippen molar-refractivity contribution in [1.82, 2.24) is 3.97 Å². The van der Waals surface area contributed by atoms with Gasteiger partial charge in [0.2, 0.25) is 0 Å². The molecule has 0 bridgehead atoms. The molecule has 4 N–H and O–H groups in total. The summed E-state index contributed by atoms with van der Waals surface area (Å²) in [4.78, 5) is 11.3. The van der Waals surface area contributed by atoms with E-state index in [0.29, 0.717) is 17.1 Å². The molecule has 0 aliphatic rings. The molecule has 1 aromatic heterocycles. The van der Waals surface area contributed by atoms with Crippen LogP contribution in [-0.4, -0.2) is 32.2 Å². The van der Waals surface area contributed by atoms with Gasteiger partial charge in [0.25, 0.3) is 21.3 Å². The summed E-state index contributed by atoms with van der Waals surface area (Å²) in [6, 6.07) is 16.1. The fourth-order valence-electron chi connectivity index (χ4n) is 3.81. The van der Waals surface area contributed by atoms with Crippen LogP contribution in [0.3, 0.4) is 0 Å². The van der Waals surface area contributed by atoms with Gasteiger partial charge in [-0.25, -0.2) is 21.0 Å². The molecule has 0 saturated carbocycles. The molecule has 4 aromatic rings. The Bertz CT molecular complexity index is 1550. The molecule has 35 heavy (non-hydrogen) atoms. The Morgan fingerprint density at radius 1 is 1.00 bits per heavy atom. The van der Waals surface area contributed by atoms with Gasteiger partial charge in [0, 0.05) is 28.1 Å². The van der Waals surface area contributed by atoms with Gasteiger partial charge < -0.3 is 10.4 Å². The number of hydrogen-bond acceptors (Lipinski definition) is 5. The molecule has 182 valence electrons. The van der Waals surface area contributed by atoms with Gasteiger partial charge in [-0.1, -0.05) is 0 Å². The molecule has 0 aliphatic carbocycles. The van der Waals surface area contributed by atoms with Crippen LogP contribution in [0.1, 0.15) is 11.3 Å². The van der Waals surface area contributed by atoms with Crippen molar-refractivity contribution in [1.29, 1.82) is 0 Å². The molecular weight excluding hydrogens is 497 g/mol. The maximum atomic E-state index is 13.9. The first kappa shape index (κ1) is 24.4. The molecule has 0 aliphatic heterocycles. The Balaban J connectivity index is 1.66. The first-order chi connectivity index (χ1) is 16.6. The zero-order valence-corrected chi connectivity index (χ0v) is 19.9. The lowest BCUT2D eigenvalue weighted by atomic mass is 10.1. The number of aromatic nitrogens is 1. The quantitative estimate of drug-likeness (QED) is 0.257. The van der Waals surface area contributed by atoms with E-state index < -0.39 is 39.5 Å². The lowest BCUT2D eigenvalue weighted by Crippen LogP contribution is -2.15. The molecule has 4 rings (SSSR count). The van der Waals surface area contributed by atoms with Gasteiger partial charge in [0.05, 0.1) is 16.8 Å². The number of carboxylic acids is 1. The van der Waals surface area contributed by atoms with E-state index in [4.69, 9.17) is 4.55 Å². The van der Waals surface area contributed by atoms with E-state index in [1.165, 1.54) is 25.1 Å². The molecule has 0 amide bonds. The minimum Gasteiger partial charge on any atom is -0.481 e. The fraction of sp³-hybridized carbons (Fsp3) is 0.0870. The maximum absolute atomic E-state index is 13.9. The number of anilines is 3. The van der Waals surface area contributed by atoms with Crippen molar-refractivity contribution < 1.29 is 31.5 Å². The van der Waals surface area contributed by atoms with Crippen LogP contribution in [0.4, 0.5) is 21.5 Å². The zero-order chi connectivity index (χ0) is 25.3. The second kappa shape index (κ2) is 9.49. The number of hydrogen-bond donors (Lipinski definition) is 4. The van der Waals surface area contributed by atoms with Crippen LogP contribution in [-0.2, 0) is 32.5 Å². The summed E-state index contributed by atoms with van der Waals surface area (Å²) in [5.41, 5.74) is 2.35. The van der Waals surface area contributed by atoms with Crippen LogP contribution in [0.2, 0.25) is 0 Å². The number of aliphatic carboxylic acids is 1. The van der Waals surface area contributed by atoms with Crippen LogP contribution in [0, 0.1) is 12.7 Å². The smallest absolute Gasteiger partial charge is 0.307 e. The predicted octanol–water partition coefficient (Wildman–Crippen LogP) is 4.25. The average molecular weight is 518 g/mol. The van der Waals surface area contributed by atoms with Crippen molar-refractivity contribution >= 4 is 55.2 Å². The Morgan fingerprint density at radius 2 is 1.57 bits per heavy atom. The fourth-order valence-corrected chi connectivity index (χ4v) is 5.73. The second-order valence-electron chi connectivity index (χ2n) is 7.64. The molecule has 1 heterocycles. The zero-order valence-electron chi connectivity index (χ0n) is 18.2. The molecule has 1 atom stereocenters. The van der Waals surface area contributed by atoms with Gasteiger partial charge in [0.15, 0.2) is 0 Å². The standard InChI is InChI=1S/C23H20FN3O6S2/c1-14-20(13-23(28)29)21-12-15(24)2-11-22(21)27(14)35(32,33)19-9-7-17(8-10-19)25-16-3-5-18(6-4-16)26-34(30)31/h2-12,25-26H,13H2,1H3,(H,28,29)(H,30,31). The van der Waals surface area contributed by atoms with E-state index in [0.717, 1.165) is 16.1 Å². The second-order valence-corrected chi connectivity index (χ2v) is 10.1. The lowest BCUT2D eigenvalue weighted by Gasteiger charge is -2.12. The van der Waals surface area contributed by atoms with Gasteiger partial charge in [-0.2, -0.15) is 0 Å². The molecule has 0 fully saturated rings. The van der Waals surface area contributed by atoms with Crippen LogP contribution in [0.15, 0.2) is 71.6 Å². The number of carboxylic acid groups (broad SMARTS) is 1. The summed E-state index contributed by atoms with van der Waals surface area (Å²) >= 11 is -2.18. The summed E-state index contributed by atoms with van der Waals surface area (Å²) in [5.74, 6) is -1.75. The van der Waals surface area contributed by atoms with Crippen molar-refractivity contribution in [2.24, 2.45) is 0 Å². The Hall–Kier alpha value is -3.74. The van der Waals surface area contributed by atoms with Crippen molar-refractivity contribution in [3.8, 4) is 0 Å². The highest BCUT2D eigenvalue weighted by molar-refractivity contribution is 7.90.